The zero-order valence-corrected chi connectivity index (χ0v) is 16.3. The summed E-state index contributed by atoms with van der Waals surface area (Å²) in [4.78, 5) is 15.8. The number of amides is 1. The maximum Gasteiger partial charge on any atom is 0.287 e. The van der Waals surface area contributed by atoms with Gasteiger partial charge in [-0.25, -0.2) is 4.39 Å². The number of nitrogens with one attached hydrogen (secondary N) is 3. The third-order valence-electron chi connectivity index (χ3n) is 3.29. The molecule has 0 radical (unpaired) electrons. The Kier molecular flexibility index (Phi) is 9.60. The van der Waals surface area contributed by atoms with E-state index < -0.39 is 0 Å². The summed E-state index contributed by atoms with van der Waals surface area (Å²) in [5.41, 5.74) is 1.05. The molecule has 0 atom stereocenters. The van der Waals surface area contributed by atoms with E-state index in [2.05, 4.69) is 20.9 Å². The van der Waals surface area contributed by atoms with E-state index >= 15 is 0 Å². The molecule has 0 aliphatic carbocycles. The van der Waals surface area contributed by atoms with Gasteiger partial charge in [-0.3, -0.25) is 9.79 Å². The van der Waals surface area contributed by atoms with E-state index in [1.807, 2.05) is 0 Å². The number of hydrogen-bond donors (Lipinski definition) is 3. The number of guanidine groups is 1. The molecule has 25 heavy (non-hydrogen) atoms. The largest absolute Gasteiger partial charge is 0.459 e. The Morgan fingerprint density at radius 2 is 1.76 bits per heavy atom. The molecule has 0 saturated heterocycles. The average molecular weight is 460 g/mol. The SMILES string of the molecule is CN=C(NCCNC(=O)c1ccco1)NCCc1ccc(F)cc1.I. The summed E-state index contributed by atoms with van der Waals surface area (Å²) >= 11 is 0. The number of hydrogen-bond acceptors (Lipinski definition) is 3. The van der Waals surface area contributed by atoms with Crippen molar-refractivity contribution in [2.45, 2.75) is 6.42 Å². The van der Waals surface area contributed by atoms with Crippen LogP contribution in [0.1, 0.15) is 16.1 Å². The second-order valence-electron chi connectivity index (χ2n) is 5.04. The van der Waals surface area contributed by atoms with Gasteiger partial charge in [-0.1, -0.05) is 12.1 Å². The zero-order chi connectivity index (χ0) is 17.2. The minimum Gasteiger partial charge on any atom is -0.459 e. The Labute approximate surface area is 163 Å². The number of rotatable bonds is 7. The maximum absolute atomic E-state index is 12.8. The van der Waals surface area contributed by atoms with Gasteiger partial charge in [0.1, 0.15) is 5.82 Å². The van der Waals surface area contributed by atoms with Crippen molar-refractivity contribution < 1.29 is 13.6 Å². The lowest BCUT2D eigenvalue weighted by Gasteiger charge is -2.12. The molecule has 2 rings (SSSR count). The topological polar surface area (TPSA) is 78.7 Å². The van der Waals surface area contributed by atoms with Crippen LogP contribution >= 0.6 is 24.0 Å². The highest BCUT2D eigenvalue weighted by atomic mass is 127. The van der Waals surface area contributed by atoms with Gasteiger partial charge in [-0.2, -0.15) is 0 Å². The Morgan fingerprint density at radius 1 is 1.08 bits per heavy atom. The Hall–Kier alpha value is -2.10. The first kappa shape index (κ1) is 20.9. The van der Waals surface area contributed by atoms with Gasteiger partial charge in [0.2, 0.25) is 0 Å². The monoisotopic (exact) mass is 460 g/mol. The standard InChI is InChI=1S/C17H21FN4O2.HI/c1-19-17(21-9-8-13-4-6-14(18)7-5-13)22-11-10-20-16(23)15-3-2-12-24-15;/h2-7,12H,8-11H2,1H3,(H,20,23)(H2,19,21,22);1H. The first-order chi connectivity index (χ1) is 11.7. The van der Waals surface area contributed by atoms with E-state index in [-0.39, 0.29) is 41.5 Å². The quantitative estimate of drug-likeness (QED) is 0.256. The van der Waals surface area contributed by atoms with Gasteiger partial charge < -0.3 is 20.4 Å². The van der Waals surface area contributed by atoms with Gasteiger partial charge in [0.05, 0.1) is 6.26 Å². The number of furan rings is 1. The van der Waals surface area contributed by atoms with Crippen LogP contribution in [0.5, 0.6) is 0 Å². The summed E-state index contributed by atoms with van der Waals surface area (Å²) in [6.07, 6.45) is 2.22. The molecular weight excluding hydrogens is 438 g/mol. The fourth-order valence-electron chi connectivity index (χ4n) is 2.05. The van der Waals surface area contributed by atoms with Crippen LogP contribution in [0.25, 0.3) is 0 Å². The lowest BCUT2D eigenvalue weighted by Crippen LogP contribution is -2.42. The molecule has 0 aliphatic rings. The fourth-order valence-corrected chi connectivity index (χ4v) is 2.05. The van der Waals surface area contributed by atoms with Crippen LogP contribution in [0.15, 0.2) is 52.1 Å². The third kappa shape index (κ3) is 7.55. The van der Waals surface area contributed by atoms with Gasteiger partial charge in [0, 0.05) is 26.7 Å². The summed E-state index contributed by atoms with van der Waals surface area (Å²) in [7, 11) is 1.68. The highest BCUT2D eigenvalue weighted by molar-refractivity contribution is 14.0. The van der Waals surface area contributed by atoms with E-state index in [0.29, 0.717) is 25.6 Å². The van der Waals surface area contributed by atoms with Gasteiger partial charge in [-0.05, 0) is 36.2 Å². The molecule has 0 fully saturated rings. The van der Waals surface area contributed by atoms with Gasteiger partial charge >= 0.3 is 0 Å². The molecule has 3 N–H and O–H groups in total. The zero-order valence-electron chi connectivity index (χ0n) is 13.9. The molecule has 0 unspecified atom stereocenters. The van der Waals surface area contributed by atoms with E-state index in [0.717, 1.165) is 12.0 Å². The summed E-state index contributed by atoms with van der Waals surface area (Å²) < 4.78 is 17.8. The number of halogens is 2. The highest BCUT2D eigenvalue weighted by Gasteiger charge is 2.06. The molecule has 1 heterocycles. The van der Waals surface area contributed by atoms with Crippen LogP contribution in [0.3, 0.4) is 0 Å². The average Bonchev–Trinajstić information content (AvgIpc) is 3.13. The molecule has 6 nitrogen and oxygen atoms in total. The number of carbonyl (C=O) groups is 1. The molecule has 0 spiro atoms. The molecule has 0 saturated carbocycles. The van der Waals surface area contributed by atoms with Crippen LogP contribution in [-0.4, -0.2) is 38.5 Å². The van der Waals surface area contributed by atoms with Crippen LogP contribution in [0, 0.1) is 5.82 Å². The molecule has 8 heteroatoms. The van der Waals surface area contributed by atoms with Crippen molar-refractivity contribution in [1.29, 1.82) is 0 Å². The van der Waals surface area contributed by atoms with Crippen LogP contribution in [0.2, 0.25) is 0 Å². The second-order valence-corrected chi connectivity index (χ2v) is 5.04. The molecule has 1 aromatic heterocycles. The van der Waals surface area contributed by atoms with Crippen molar-refractivity contribution in [3.8, 4) is 0 Å². The van der Waals surface area contributed by atoms with Crippen molar-refractivity contribution in [2.24, 2.45) is 4.99 Å². The van der Waals surface area contributed by atoms with Crippen molar-refractivity contribution in [3.05, 3.63) is 59.8 Å². The number of aliphatic imine (C=N–C) groups is 1. The Morgan fingerprint density at radius 3 is 2.40 bits per heavy atom. The van der Waals surface area contributed by atoms with Crippen molar-refractivity contribution in [3.63, 3.8) is 0 Å². The Bertz CT molecular complexity index is 660. The summed E-state index contributed by atoms with van der Waals surface area (Å²) in [6.45, 7) is 1.64. The van der Waals surface area contributed by atoms with Crippen molar-refractivity contribution in [1.82, 2.24) is 16.0 Å². The predicted molar refractivity (Wildman–Crippen MR) is 106 cm³/mol. The first-order valence-corrected chi connectivity index (χ1v) is 7.69. The molecule has 0 aliphatic heterocycles. The van der Waals surface area contributed by atoms with Crippen molar-refractivity contribution >= 4 is 35.8 Å². The fraction of sp³-hybridized carbons (Fsp3) is 0.294. The normalized spacial score (nSPS) is 10.7. The van der Waals surface area contributed by atoms with Gasteiger partial charge in [0.15, 0.2) is 11.7 Å². The molecule has 0 bridgehead atoms. The minimum atomic E-state index is -0.249. The number of benzene rings is 1. The lowest BCUT2D eigenvalue weighted by molar-refractivity contribution is 0.0926. The van der Waals surface area contributed by atoms with E-state index in [1.54, 1.807) is 31.3 Å². The minimum absolute atomic E-state index is 0. The molecule has 136 valence electrons. The van der Waals surface area contributed by atoms with Crippen molar-refractivity contribution in [2.75, 3.05) is 26.7 Å². The third-order valence-corrected chi connectivity index (χ3v) is 3.29. The van der Waals surface area contributed by atoms with E-state index in [4.69, 9.17) is 4.42 Å². The summed E-state index contributed by atoms with van der Waals surface area (Å²) in [6, 6.07) is 9.70. The van der Waals surface area contributed by atoms with Gasteiger partial charge in [0.25, 0.3) is 5.91 Å². The highest BCUT2D eigenvalue weighted by Crippen LogP contribution is 2.02. The number of carbonyl (C=O) groups excluding carboxylic acids is 1. The van der Waals surface area contributed by atoms with Crippen LogP contribution in [-0.2, 0) is 6.42 Å². The molecule has 2 aromatic rings. The Balaban J connectivity index is 0.00000312. The molecule has 1 amide bonds. The first-order valence-electron chi connectivity index (χ1n) is 7.69. The molecule has 1 aromatic carbocycles. The molecular formula is C17H22FIN4O2. The van der Waals surface area contributed by atoms with Crippen LogP contribution < -0.4 is 16.0 Å². The smallest absolute Gasteiger partial charge is 0.287 e. The summed E-state index contributed by atoms with van der Waals surface area (Å²) in [5, 5.41) is 9.00. The van der Waals surface area contributed by atoms with Gasteiger partial charge in [-0.15, -0.1) is 24.0 Å². The van der Waals surface area contributed by atoms with E-state index in [9.17, 15) is 9.18 Å². The lowest BCUT2D eigenvalue weighted by atomic mass is 10.1. The van der Waals surface area contributed by atoms with Crippen LogP contribution in [0.4, 0.5) is 4.39 Å². The summed E-state index contributed by atoms with van der Waals surface area (Å²) in [5.74, 6) is 0.447. The van der Waals surface area contributed by atoms with E-state index in [1.165, 1.54) is 18.4 Å². The number of nitrogens with zero attached hydrogens (tertiary/aromatic N) is 1. The second kappa shape index (κ2) is 11.5. The predicted octanol–water partition coefficient (Wildman–Crippen LogP) is 2.17. The maximum atomic E-state index is 12.8.